The van der Waals surface area contributed by atoms with Gasteiger partial charge in [0.25, 0.3) is 5.56 Å². The summed E-state index contributed by atoms with van der Waals surface area (Å²) in [7, 11) is -4.32. The molecule has 12 nitrogen and oxygen atoms in total. The van der Waals surface area contributed by atoms with Crippen LogP contribution in [0.5, 0.6) is 5.75 Å². The van der Waals surface area contributed by atoms with Crippen molar-refractivity contribution in [3.63, 3.8) is 0 Å². The van der Waals surface area contributed by atoms with E-state index >= 15 is 0 Å². The highest BCUT2D eigenvalue weighted by Crippen LogP contribution is 2.59. The van der Waals surface area contributed by atoms with Crippen molar-refractivity contribution in [3.8, 4) is 5.75 Å². The first-order valence-corrected chi connectivity index (χ1v) is 14.5. The molecule has 1 saturated heterocycles. The Bertz CT molecular complexity index is 1540. The maximum absolute atomic E-state index is 14.1. The molecule has 1 unspecified atom stereocenters. The van der Waals surface area contributed by atoms with Crippen molar-refractivity contribution in [1.82, 2.24) is 14.6 Å². The van der Waals surface area contributed by atoms with Gasteiger partial charge in [0, 0.05) is 6.42 Å². The number of hydrogen-bond acceptors (Lipinski definition) is 9. The molecule has 1 aromatic heterocycles. The van der Waals surface area contributed by atoms with Crippen LogP contribution in [0.15, 0.2) is 76.4 Å². The van der Waals surface area contributed by atoms with Crippen LogP contribution in [0.4, 0.5) is 4.39 Å². The molecule has 14 heteroatoms. The van der Waals surface area contributed by atoms with Gasteiger partial charge in [-0.15, -0.1) is 0 Å². The molecule has 3 N–H and O–H groups in total. The topological polar surface area (TPSA) is 158 Å². The van der Waals surface area contributed by atoms with Crippen molar-refractivity contribution in [2.45, 2.75) is 62.9 Å². The SMILES string of the molecule is C[C@H](N[P@](=O)(Oc1ccccc1)OC1([C@H]2O[C@@H](n3cc(F)c(=O)[nH]c3=O)CC2O)CC1)C(=O)OCc1ccccc1. The van der Waals surface area contributed by atoms with Gasteiger partial charge in [-0.3, -0.25) is 23.7 Å². The monoisotopic (exact) mass is 589 g/mol. The lowest BCUT2D eigenvalue weighted by Crippen LogP contribution is -2.42. The van der Waals surface area contributed by atoms with E-state index in [1.165, 1.54) is 6.92 Å². The Morgan fingerprint density at radius 3 is 2.51 bits per heavy atom. The number of ether oxygens (including phenoxy) is 2. The second-order valence-electron chi connectivity index (χ2n) is 9.96. The van der Waals surface area contributed by atoms with E-state index in [0.29, 0.717) is 19.0 Å². The van der Waals surface area contributed by atoms with Gasteiger partial charge in [0.2, 0.25) is 5.82 Å². The first kappa shape index (κ1) is 28.9. The molecule has 1 aliphatic carbocycles. The number of aromatic nitrogens is 2. The summed E-state index contributed by atoms with van der Waals surface area (Å²) in [5, 5.41) is 13.5. The van der Waals surface area contributed by atoms with E-state index in [0.717, 1.165) is 10.1 Å². The van der Waals surface area contributed by atoms with Crippen molar-refractivity contribution in [2.24, 2.45) is 0 Å². The number of para-hydroxylation sites is 1. The van der Waals surface area contributed by atoms with Gasteiger partial charge in [-0.2, -0.15) is 9.48 Å². The molecule has 3 aromatic rings. The normalized spacial score (nSPS) is 23.3. The number of aromatic amines is 1. The highest BCUT2D eigenvalue weighted by molar-refractivity contribution is 7.52. The van der Waals surface area contributed by atoms with Gasteiger partial charge in [0.1, 0.15) is 36.3 Å². The summed E-state index contributed by atoms with van der Waals surface area (Å²) in [6.45, 7) is 1.46. The van der Waals surface area contributed by atoms with Crippen molar-refractivity contribution in [1.29, 1.82) is 0 Å². The van der Waals surface area contributed by atoms with Gasteiger partial charge >= 0.3 is 19.4 Å². The summed E-state index contributed by atoms with van der Waals surface area (Å²) in [5.41, 5.74) is -2.62. The Morgan fingerprint density at radius 2 is 1.85 bits per heavy atom. The van der Waals surface area contributed by atoms with Crippen molar-refractivity contribution in [3.05, 3.63) is 99.1 Å². The van der Waals surface area contributed by atoms with E-state index in [9.17, 15) is 28.4 Å². The zero-order valence-electron chi connectivity index (χ0n) is 22.0. The molecule has 2 heterocycles. The smallest absolute Gasteiger partial charge is 0.460 e. The first-order chi connectivity index (χ1) is 19.6. The lowest BCUT2D eigenvalue weighted by Gasteiger charge is -2.31. The van der Waals surface area contributed by atoms with E-state index in [1.807, 2.05) is 23.2 Å². The third-order valence-electron chi connectivity index (χ3n) is 6.79. The van der Waals surface area contributed by atoms with E-state index in [1.54, 1.807) is 42.5 Å². The van der Waals surface area contributed by atoms with Gasteiger partial charge in [-0.25, -0.2) is 9.36 Å². The number of aliphatic hydroxyl groups excluding tert-OH is 1. The third-order valence-corrected chi connectivity index (χ3v) is 8.55. The lowest BCUT2D eigenvalue weighted by atomic mass is 10.1. The first-order valence-electron chi connectivity index (χ1n) is 13.0. The van der Waals surface area contributed by atoms with E-state index in [4.69, 9.17) is 18.5 Å². The number of H-pyrrole nitrogens is 1. The molecule has 2 fully saturated rings. The number of hydrogen-bond donors (Lipinski definition) is 3. The number of benzene rings is 2. The Hall–Kier alpha value is -3.61. The van der Waals surface area contributed by atoms with Crippen LogP contribution in [-0.4, -0.2) is 44.5 Å². The average molecular weight is 590 g/mol. The fourth-order valence-corrected chi connectivity index (χ4v) is 6.49. The molecule has 0 amide bonds. The van der Waals surface area contributed by atoms with Crippen LogP contribution in [0.2, 0.25) is 0 Å². The fraction of sp³-hybridized carbons (Fsp3) is 0.370. The second kappa shape index (κ2) is 11.7. The van der Waals surface area contributed by atoms with Crippen LogP contribution in [0.25, 0.3) is 0 Å². The summed E-state index contributed by atoms with van der Waals surface area (Å²) in [6.07, 6.45) is -2.19. The molecular weight excluding hydrogens is 560 g/mol. The average Bonchev–Trinajstić information content (AvgIpc) is 3.60. The molecule has 5 atom stereocenters. The van der Waals surface area contributed by atoms with Gasteiger partial charge in [-0.05, 0) is 37.5 Å². The highest BCUT2D eigenvalue weighted by atomic mass is 31.2. The number of rotatable bonds is 11. The number of nitrogens with one attached hydrogen (secondary N) is 2. The Morgan fingerprint density at radius 1 is 1.20 bits per heavy atom. The minimum atomic E-state index is -4.32. The summed E-state index contributed by atoms with van der Waals surface area (Å²) >= 11 is 0. The molecule has 218 valence electrons. The minimum absolute atomic E-state index is 0.00847. The van der Waals surface area contributed by atoms with Crippen molar-refractivity contribution >= 4 is 13.7 Å². The fourth-order valence-electron chi connectivity index (χ4n) is 4.60. The predicted octanol–water partition coefficient (Wildman–Crippen LogP) is 2.78. The molecule has 1 aliphatic heterocycles. The molecule has 2 aliphatic rings. The zero-order valence-corrected chi connectivity index (χ0v) is 22.9. The number of carbonyl (C=O) groups excluding carboxylic acids is 1. The number of esters is 1. The Balaban J connectivity index is 1.33. The quantitative estimate of drug-likeness (QED) is 0.224. The van der Waals surface area contributed by atoms with E-state index in [2.05, 4.69) is 5.09 Å². The van der Waals surface area contributed by atoms with E-state index < -0.39 is 60.9 Å². The van der Waals surface area contributed by atoms with Crippen LogP contribution in [0.3, 0.4) is 0 Å². The van der Waals surface area contributed by atoms with Crippen LogP contribution >= 0.6 is 7.75 Å². The van der Waals surface area contributed by atoms with Crippen LogP contribution in [-0.2, 0) is 30.0 Å². The second-order valence-corrected chi connectivity index (χ2v) is 11.6. The Labute approximate surface area is 233 Å². The molecular formula is C27H29FN3O9P. The molecule has 1 saturated carbocycles. The van der Waals surface area contributed by atoms with Crippen LogP contribution in [0.1, 0.15) is 38.0 Å². The number of aliphatic hydroxyl groups is 1. The van der Waals surface area contributed by atoms with Gasteiger partial charge in [-0.1, -0.05) is 48.5 Å². The van der Waals surface area contributed by atoms with Gasteiger partial charge in [0.15, 0.2) is 0 Å². The number of carbonyl (C=O) groups is 1. The molecule has 0 bridgehead atoms. The van der Waals surface area contributed by atoms with Crippen LogP contribution < -0.4 is 20.9 Å². The number of halogens is 1. The predicted molar refractivity (Wildman–Crippen MR) is 142 cm³/mol. The molecule has 41 heavy (non-hydrogen) atoms. The summed E-state index contributed by atoms with van der Waals surface area (Å²) in [4.78, 5) is 38.3. The molecule has 0 radical (unpaired) electrons. The largest absolute Gasteiger partial charge is 0.460 e. The summed E-state index contributed by atoms with van der Waals surface area (Å²) < 4.78 is 51.9. The lowest BCUT2D eigenvalue weighted by molar-refractivity contribution is -0.146. The molecule has 0 spiro atoms. The minimum Gasteiger partial charge on any atom is -0.460 e. The van der Waals surface area contributed by atoms with Gasteiger partial charge in [0.05, 0.1) is 12.3 Å². The molecule has 2 aromatic carbocycles. The highest BCUT2D eigenvalue weighted by Gasteiger charge is 2.61. The third kappa shape index (κ3) is 6.66. The maximum Gasteiger partial charge on any atom is 0.460 e. The van der Waals surface area contributed by atoms with E-state index in [-0.39, 0.29) is 18.8 Å². The van der Waals surface area contributed by atoms with Crippen molar-refractivity contribution in [2.75, 3.05) is 0 Å². The van der Waals surface area contributed by atoms with Crippen LogP contribution in [0, 0.1) is 5.82 Å². The molecule has 5 rings (SSSR count). The summed E-state index contributed by atoms with van der Waals surface area (Å²) in [5.74, 6) is -1.69. The van der Waals surface area contributed by atoms with Gasteiger partial charge < -0.3 is 19.1 Å². The van der Waals surface area contributed by atoms with Crippen molar-refractivity contribution < 1.29 is 37.4 Å². The standard InChI is InChI=1S/C27H29FN3O9P/c1-17(25(34)37-16-18-8-4-2-5-9-18)30-41(36,39-19-10-6-3-7-11-19)40-27(12-13-27)23-21(32)14-22(38-23)31-15-20(28)24(33)29-26(31)35/h2-11,15,17,21-23,32H,12-14,16H2,1H3,(H,30,36)(H,29,33,35)/t17-,21?,22+,23-,41-/m0/s1. The summed E-state index contributed by atoms with van der Waals surface area (Å²) in [6, 6.07) is 16.1. The maximum atomic E-state index is 14.1. The number of nitrogens with zero attached hydrogens (tertiary/aromatic N) is 1. The zero-order chi connectivity index (χ0) is 29.2. The Kier molecular flexibility index (Phi) is 8.25.